The van der Waals surface area contributed by atoms with Crippen LogP contribution >= 0.6 is 0 Å². The van der Waals surface area contributed by atoms with E-state index in [-0.39, 0.29) is 22.5 Å². The molecular formula is C17H20N2O5S. The molecule has 1 aliphatic heterocycles. The molecule has 0 bridgehead atoms. The van der Waals surface area contributed by atoms with Crippen molar-refractivity contribution in [3.05, 3.63) is 53.5 Å². The monoisotopic (exact) mass is 364 g/mol. The molecule has 1 fully saturated rings. The summed E-state index contributed by atoms with van der Waals surface area (Å²) >= 11 is 0. The lowest BCUT2D eigenvalue weighted by Crippen LogP contribution is -2.37. The number of aromatic carboxylic acids is 1. The van der Waals surface area contributed by atoms with E-state index >= 15 is 0 Å². The highest BCUT2D eigenvalue weighted by Gasteiger charge is 2.30. The summed E-state index contributed by atoms with van der Waals surface area (Å²) in [6.07, 6.45) is 0.703. The molecule has 2 N–H and O–H groups in total. The van der Waals surface area contributed by atoms with Crippen molar-refractivity contribution in [1.29, 1.82) is 0 Å². The number of benzene rings is 1. The fraction of sp³-hybridized carbons (Fsp3) is 0.353. The normalized spacial score (nSPS) is 18.5. The van der Waals surface area contributed by atoms with Crippen molar-refractivity contribution in [2.24, 2.45) is 0 Å². The van der Waals surface area contributed by atoms with E-state index in [0.29, 0.717) is 13.0 Å². The van der Waals surface area contributed by atoms with Crippen LogP contribution in [0, 0.1) is 6.92 Å². The van der Waals surface area contributed by atoms with Crippen LogP contribution in [0.4, 0.5) is 0 Å². The van der Waals surface area contributed by atoms with Crippen molar-refractivity contribution >= 4 is 16.0 Å². The van der Waals surface area contributed by atoms with E-state index in [1.807, 2.05) is 30.3 Å². The van der Waals surface area contributed by atoms with Crippen LogP contribution in [0.1, 0.15) is 28.3 Å². The number of nitrogens with zero attached hydrogens (tertiary/aromatic N) is 1. The molecule has 1 saturated heterocycles. The quantitative estimate of drug-likeness (QED) is 0.811. The van der Waals surface area contributed by atoms with Crippen molar-refractivity contribution < 1.29 is 22.7 Å². The molecule has 1 atom stereocenters. The van der Waals surface area contributed by atoms with Gasteiger partial charge in [0.1, 0.15) is 10.7 Å². The second kappa shape index (κ2) is 6.99. The number of carbonyl (C=O) groups is 1. The molecule has 8 heteroatoms. The van der Waals surface area contributed by atoms with Gasteiger partial charge < -0.3 is 9.52 Å². The average Bonchev–Trinajstić information content (AvgIpc) is 3.15. The smallest absolute Gasteiger partial charge is 0.371 e. The highest BCUT2D eigenvalue weighted by atomic mass is 32.2. The van der Waals surface area contributed by atoms with E-state index in [0.717, 1.165) is 19.2 Å². The zero-order valence-electron chi connectivity index (χ0n) is 13.8. The second-order valence-electron chi connectivity index (χ2n) is 6.16. The van der Waals surface area contributed by atoms with Gasteiger partial charge in [-0.3, -0.25) is 4.90 Å². The van der Waals surface area contributed by atoms with Gasteiger partial charge in [0.25, 0.3) is 0 Å². The fourth-order valence-corrected chi connectivity index (χ4v) is 4.48. The number of furan rings is 1. The number of hydrogen-bond acceptors (Lipinski definition) is 5. The van der Waals surface area contributed by atoms with Gasteiger partial charge in [-0.1, -0.05) is 30.3 Å². The molecule has 0 amide bonds. The zero-order chi connectivity index (χ0) is 18.0. The maximum absolute atomic E-state index is 12.5. The number of carboxylic acid groups (broad SMARTS) is 1. The molecule has 134 valence electrons. The summed E-state index contributed by atoms with van der Waals surface area (Å²) in [4.78, 5) is 13.0. The Balaban J connectivity index is 1.65. The lowest BCUT2D eigenvalue weighted by atomic mass is 10.2. The predicted octanol–water partition coefficient (Wildman–Crippen LogP) is 1.84. The van der Waals surface area contributed by atoms with Gasteiger partial charge >= 0.3 is 5.97 Å². The van der Waals surface area contributed by atoms with Gasteiger partial charge in [0.15, 0.2) is 0 Å². The molecule has 1 aromatic heterocycles. The van der Waals surface area contributed by atoms with Crippen LogP contribution in [-0.2, 0) is 16.6 Å². The van der Waals surface area contributed by atoms with Crippen LogP contribution in [0.15, 0.2) is 45.7 Å². The Labute approximate surface area is 146 Å². The molecule has 0 saturated carbocycles. The number of sulfonamides is 1. The Kier molecular flexibility index (Phi) is 4.94. The zero-order valence-corrected chi connectivity index (χ0v) is 14.6. The third-order valence-electron chi connectivity index (χ3n) is 4.22. The summed E-state index contributed by atoms with van der Waals surface area (Å²) in [5.41, 5.74) is 1.18. The van der Waals surface area contributed by atoms with Crippen molar-refractivity contribution in [2.75, 3.05) is 13.1 Å². The lowest BCUT2D eigenvalue weighted by Gasteiger charge is -2.16. The molecule has 2 aromatic rings. The van der Waals surface area contributed by atoms with Crippen LogP contribution < -0.4 is 4.72 Å². The number of hydrogen-bond donors (Lipinski definition) is 2. The van der Waals surface area contributed by atoms with E-state index in [9.17, 15) is 13.2 Å². The van der Waals surface area contributed by atoms with E-state index in [2.05, 4.69) is 9.62 Å². The van der Waals surface area contributed by atoms with E-state index in [1.54, 1.807) is 0 Å². The molecule has 3 rings (SSSR count). The first kappa shape index (κ1) is 17.7. The molecule has 0 aliphatic carbocycles. The van der Waals surface area contributed by atoms with E-state index in [4.69, 9.17) is 9.52 Å². The Bertz CT molecular complexity index is 860. The molecular weight excluding hydrogens is 344 g/mol. The highest BCUT2D eigenvalue weighted by Crippen LogP contribution is 2.22. The Morgan fingerprint density at radius 3 is 2.72 bits per heavy atom. The predicted molar refractivity (Wildman–Crippen MR) is 90.8 cm³/mol. The third-order valence-corrected chi connectivity index (χ3v) is 5.84. The Hall–Kier alpha value is -2.16. The first-order chi connectivity index (χ1) is 11.8. The molecule has 1 aromatic carbocycles. The summed E-state index contributed by atoms with van der Waals surface area (Å²) in [5.74, 6) is -1.60. The molecule has 1 aliphatic rings. The second-order valence-corrected chi connectivity index (χ2v) is 7.85. The number of carboxylic acids is 1. The van der Waals surface area contributed by atoms with Crippen LogP contribution in [0.3, 0.4) is 0 Å². The minimum absolute atomic E-state index is 0.0732. The molecule has 0 radical (unpaired) electrons. The standard InChI is InChI=1S/C17H20N2O5S/c1-12-16(9-15(24-12)17(20)21)25(22,23)18-14-7-8-19(11-14)10-13-5-3-2-4-6-13/h2-6,9,14,18H,7-8,10-11H2,1H3,(H,20,21). The lowest BCUT2D eigenvalue weighted by molar-refractivity contribution is 0.0661. The number of nitrogens with one attached hydrogen (secondary N) is 1. The van der Waals surface area contributed by atoms with Gasteiger partial charge in [-0.15, -0.1) is 0 Å². The first-order valence-electron chi connectivity index (χ1n) is 7.97. The van der Waals surface area contributed by atoms with Crippen molar-refractivity contribution in [3.63, 3.8) is 0 Å². The fourth-order valence-electron chi connectivity index (χ4n) is 3.03. The van der Waals surface area contributed by atoms with Crippen LogP contribution in [0.2, 0.25) is 0 Å². The minimum atomic E-state index is -3.82. The minimum Gasteiger partial charge on any atom is -0.475 e. The van der Waals surface area contributed by atoms with E-state index in [1.165, 1.54) is 12.5 Å². The molecule has 25 heavy (non-hydrogen) atoms. The number of aryl methyl sites for hydroxylation is 1. The van der Waals surface area contributed by atoms with Crippen LogP contribution in [0.25, 0.3) is 0 Å². The maximum Gasteiger partial charge on any atom is 0.371 e. The van der Waals surface area contributed by atoms with Gasteiger partial charge in [0.2, 0.25) is 15.8 Å². The Morgan fingerprint density at radius 1 is 1.36 bits per heavy atom. The SMILES string of the molecule is Cc1oc(C(=O)O)cc1S(=O)(=O)NC1CCN(Cc2ccccc2)C1. The summed E-state index contributed by atoms with van der Waals surface area (Å²) in [6, 6.07) is 10.8. The first-order valence-corrected chi connectivity index (χ1v) is 9.46. The highest BCUT2D eigenvalue weighted by molar-refractivity contribution is 7.89. The topological polar surface area (TPSA) is 99.8 Å². The van der Waals surface area contributed by atoms with Crippen LogP contribution in [0.5, 0.6) is 0 Å². The summed E-state index contributed by atoms with van der Waals surface area (Å²) in [7, 11) is -3.82. The largest absolute Gasteiger partial charge is 0.475 e. The maximum atomic E-state index is 12.5. The third kappa shape index (κ3) is 4.09. The van der Waals surface area contributed by atoms with Gasteiger partial charge in [0, 0.05) is 31.7 Å². The average molecular weight is 364 g/mol. The van der Waals surface area contributed by atoms with Gasteiger partial charge in [-0.05, 0) is 18.9 Å². The van der Waals surface area contributed by atoms with Crippen molar-refractivity contribution in [1.82, 2.24) is 9.62 Å². The summed E-state index contributed by atoms with van der Waals surface area (Å²) in [6.45, 7) is 3.62. The summed E-state index contributed by atoms with van der Waals surface area (Å²) in [5, 5.41) is 8.93. The van der Waals surface area contributed by atoms with Gasteiger partial charge in [-0.25, -0.2) is 17.9 Å². The number of rotatable bonds is 6. The van der Waals surface area contributed by atoms with Crippen LogP contribution in [-0.4, -0.2) is 43.5 Å². The van der Waals surface area contributed by atoms with Gasteiger partial charge in [-0.2, -0.15) is 0 Å². The molecule has 2 heterocycles. The van der Waals surface area contributed by atoms with E-state index < -0.39 is 16.0 Å². The molecule has 7 nitrogen and oxygen atoms in total. The van der Waals surface area contributed by atoms with Crippen molar-refractivity contribution in [2.45, 2.75) is 30.8 Å². The van der Waals surface area contributed by atoms with Crippen molar-refractivity contribution in [3.8, 4) is 0 Å². The molecule has 0 spiro atoms. The Morgan fingerprint density at radius 2 is 2.08 bits per heavy atom. The number of likely N-dealkylation sites (tertiary alicyclic amines) is 1. The molecule has 1 unspecified atom stereocenters. The summed E-state index contributed by atoms with van der Waals surface area (Å²) < 4.78 is 32.7. The van der Waals surface area contributed by atoms with Gasteiger partial charge in [0.05, 0.1) is 0 Å².